The molecule has 0 aromatic heterocycles. The van der Waals surface area contributed by atoms with Crippen LogP contribution in [0, 0.1) is 10.1 Å². The Hall–Kier alpha value is -3.80. The average molecular weight is 737 g/mol. The SMILES string of the molecule is CN(C)S(=O)(=O)Nc1cccc2c(O)c(S(=O)(=O)NC(C)(C)C)cc(/N=N/c3ccc([N+](=O)[O-])cc3S(=O)(=O)CCCS(=O)(=O)O)c12. The molecule has 0 fully saturated rings. The van der Waals surface area contributed by atoms with Crippen molar-refractivity contribution >= 4 is 73.7 Å². The Morgan fingerprint density at radius 1 is 0.894 bits per heavy atom. The summed E-state index contributed by atoms with van der Waals surface area (Å²) in [4.78, 5) is 9.13. The summed E-state index contributed by atoms with van der Waals surface area (Å²) >= 11 is 0. The Bertz CT molecular complexity index is 2200. The van der Waals surface area contributed by atoms with Gasteiger partial charge in [0.05, 0.1) is 27.8 Å². The largest absolute Gasteiger partial charge is 0.506 e. The predicted molar refractivity (Wildman–Crippen MR) is 172 cm³/mol. The van der Waals surface area contributed by atoms with Gasteiger partial charge in [-0.25, -0.2) is 21.6 Å². The van der Waals surface area contributed by atoms with E-state index in [2.05, 4.69) is 19.7 Å². The fourth-order valence-electron chi connectivity index (χ4n) is 4.08. The van der Waals surface area contributed by atoms with Gasteiger partial charge in [-0.05, 0) is 45.4 Å². The van der Waals surface area contributed by atoms with Crippen LogP contribution in [0.1, 0.15) is 27.2 Å². The maximum absolute atomic E-state index is 13.3. The van der Waals surface area contributed by atoms with Gasteiger partial charge in [-0.1, -0.05) is 12.1 Å². The molecule has 22 heteroatoms. The summed E-state index contributed by atoms with van der Waals surface area (Å²) in [6, 6.07) is 7.32. The van der Waals surface area contributed by atoms with Crippen LogP contribution >= 0.6 is 0 Å². The van der Waals surface area contributed by atoms with E-state index in [1.54, 1.807) is 20.8 Å². The zero-order chi connectivity index (χ0) is 35.8. The molecule has 0 aliphatic rings. The number of azo groups is 1. The summed E-state index contributed by atoms with van der Waals surface area (Å²) in [6.45, 7) is 4.64. The number of phenols is 1. The van der Waals surface area contributed by atoms with Crippen LogP contribution in [0.2, 0.25) is 0 Å². The van der Waals surface area contributed by atoms with Gasteiger partial charge in [0.2, 0.25) is 10.0 Å². The first kappa shape index (κ1) is 37.7. The summed E-state index contributed by atoms with van der Waals surface area (Å²) in [6.07, 6.45) is -0.569. The van der Waals surface area contributed by atoms with E-state index in [0.29, 0.717) is 6.07 Å². The lowest BCUT2D eigenvalue weighted by atomic mass is 10.1. The van der Waals surface area contributed by atoms with E-state index in [4.69, 9.17) is 4.55 Å². The molecule has 0 aliphatic heterocycles. The van der Waals surface area contributed by atoms with E-state index in [0.717, 1.165) is 22.5 Å². The highest BCUT2D eigenvalue weighted by atomic mass is 32.2. The fraction of sp³-hybridized carbons (Fsp3) is 0.360. The number of non-ortho nitro benzene ring substituents is 1. The Labute approximate surface area is 271 Å². The van der Waals surface area contributed by atoms with E-state index in [1.165, 1.54) is 32.3 Å². The summed E-state index contributed by atoms with van der Waals surface area (Å²) in [5, 5.41) is 30.2. The molecule has 0 saturated carbocycles. The number of nitrogens with one attached hydrogen (secondary N) is 2. The van der Waals surface area contributed by atoms with Crippen molar-refractivity contribution in [2.75, 3.05) is 30.3 Å². The number of nitrogens with zero attached hydrogens (tertiary/aromatic N) is 4. The van der Waals surface area contributed by atoms with Gasteiger partial charge in [0.1, 0.15) is 21.2 Å². The van der Waals surface area contributed by atoms with Gasteiger partial charge in [-0.15, -0.1) is 10.2 Å². The molecule has 4 N–H and O–H groups in total. The highest BCUT2D eigenvalue weighted by Crippen LogP contribution is 2.43. The number of sulfone groups is 1. The molecule has 0 bridgehead atoms. The van der Waals surface area contributed by atoms with Crippen molar-refractivity contribution in [3.05, 3.63) is 52.6 Å². The van der Waals surface area contributed by atoms with Crippen molar-refractivity contribution in [1.82, 2.24) is 9.03 Å². The Morgan fingerprint density at radius 2 is 1.51 bits per heavy atom. The van der Waals surface area contributed by atoms with Gasteiger partial charge < -0.3 is 5.11 Å². The zero-order valence-electron chi connectivity index (χ0n) is 25.6. The summed E-state index contributed by atoms with van der Waals surface area (Å²) < 4.78 is 115. The third-order valence-electron chi connectivity index (χ3n) is 6.10. The number of sulfonamides is 1. The average Bonchev–Trinajstić information content (AvgIpc) is 2.90. The third-order valence-corrected chi connectivity index (χ3v) is 11.9. The van der Waals surface area contributed by atoms with E-state index in [1.807, 2.05) is 0 Å². The molecular formula is C25H32N6O12S4. The van der Waals surface area contributed by atoms with E-state index >= 15 is 0 Å². The molecule has 18 nitrogen and oxygen atoms in total. The smallest absolute Gasteiger partial charge is 0.301 e. The predicted octanol–water partition coefficient (Wildman–Crippen LogP) is 3.22. The Balaban J connectivity index is 2.36. The number of hydrogen-bond donors (Lipinski definition) is 4. The van der Waals surface area contributed by atoms with Gasteiger partial charge >= 0.3 is 10.2 Å². The molecule has 0 atom stereocenters. The monoisotopic (exact) mass is 736 g/mol. The highest BCUT2D eigenvalue weighted by molar-refractivity contribution is 7.91. The Morgan fingerprint density at radius 3 is 2.06 bits per heavy atom. The normalized spacial score (nSPS) is 13.4. The van der Waals surface area contributed by atoms with Crippen molar-refractivity contribution in [1.29, 1.82) is 0 Å². The van der Waals surface area contributed by atoms with Crippen LogP contribution in [0.15, 0.2) is 62.5 Å². The van der Waals surface area contributed by atoms with Crippen LogP contribution in [-0.2, 0) is 40.2 Å². The molecule has 3 rings (SSSR count). The molecular weight excluding hydrogens is 705 g/mol. The van der Waals surface area contributed by atoms with E-state index in [-0.39, 0.29) is 22.1 Å². The second-order valence-electron chi connectivity index (χ2n) is 11.3. The van der Waals surface area contributed by atoms with Gasteiger partial charge in [-0.3, -0.25) is 19.4 Å². The van der Waals surface area contributed by atoms with Gasteiger partial charge in [0.15, 0.2) is 9.84 Å². The van der Waals surface area contributed by atoms with E-state index < -0.39 is 95.5 Å². The van der Waals surface area contributed by atoms with E-state index in [9.17, 15) is 48.9 Å². The lowest BCUT2D eigenvalue weighted by molar-refractivity contribution is -0.385. The first-order chi connectivity index (χ1) is 21.3. The molecule has 0 radical (unpaired) electrons. The van der Waals surface area contributed by atoms with Gasteiger partial charge in [0.25, 0.3) is 15.8 Å². The summed E-state index contributed by atoms with van der Waals surface area (Å²) in [5.41, 5.74) is -2.68. The van der Waals surface area contributed by atoms with Crippen molar-refractivity contribution in [3.63, 3.8) is 0 Å². The molecule has 3 aromatic rings. The lowest BCUT2D eigenvalue weighted by Crippen LogP contribution is -2.40. The molecule has 258 valence electrons. The number of phenolic OH excluding ortho intramolecular Hbond substituents is 1. The standard InChI is InChI=1S/C25H32N6O12S4/c1-25(2,3)29-46(40,41)22-15-20(23-17(24(22)32)8-6-9-19(23)28-47(42,43)30(4)5)27-26-18-11-10-16(31(33)34)14-21(18)44(35,36)12-7-13-45(37,38)39/h6,8-11,14-15,28-29,32H,7,12-13H2,1-5H3,(H,37,38,39)/b27-26+. The first-order valence-corrected chi connectivity index (χ1v) is 19.4. The number of fused-ring (bicyclic) bond motifs is 1. The second-order valence-corrected chi connectivity index (χ2v) is 18.5. The molecule has 0 aliphatic carbocycles. The molecule has 0 spiro atoms. The zero-order valence-corrected chi connectivity index (χ0v) is 28.8. The summed E-state index contributed by atoms with van der Waals surface area (Å²) in [5.74, 6) is -2.54. The van der Waals surface area contributed by atoms with Gasteiger partial charge in [0, 0.05) is 42.5 Å². The first-order valence-electron chi connectivity index (χ1n) is 13.3. The number of hydrogen-bond acceptors (Lipinski definition) is 13. The van der Waals surface area contributed by atoms with Crippen LogP contribution < -0.4 is 9.44 Å². The molecule has 47 heavy (non-hydrogen) atoms. The molecule has 0 heterocycles. The molecule has 0 saturated heterocycles. The quantitative estimate of drug-likeness (QED) is 0.0852. The molecule has 0 amide bonds. The van der Waals surface area contributed by atoms with Crippen LogP contribution in [0.3, 0.4) is 0 Å². The number of benzene rings is 3. The van der Waals surface area contributed by atoms with Crippen molar-refractivity contribution in [2.24, 2.45) is 10.2 Å². The van der Waals surface area contributed by atoms with Crippen molar-refractivity contribution in [3.8, 4) is 5.75 Å². The minimum Gasteiger partial charge on any atom is -0.506 e. The minimum atomic E-state index is -4.52. The van der Waals surface area contributed by atoms with Crippen LogP contribution in [0.5, 0.6) is 5.75 Å². The summed E-state index contributed by atoms with van der Waals surface area (Å²) in [7, 11) is -15.2. The second kappa shape index (κ2) is 13.4. The fourth-order valence-corrected chi connectivity index (χ4v) is 8.42. The minimum absolute atomic E-state index is 0.145. The molecule has 0 unspecified atom stereocenters. The topological polar surface area (TPSA) is 272 Å². The van der Waals surface area contributed by atoms with Crippen molar-refractivity contribution < 1.29 is 48.3 Å². The number of aromatic hydroxyl groups is 1. The maximum Gasteiger partial charge on any atom is 0.301 e. The highest BCUT2D eigenvalue weighted by Gasteiger charge is 2.29. The van der Waals surface area contributed by atoms with Crippen LogP contribution in [0.4, 0.5) is 22.7 Å². The lowest BCUT2D eigenvalue weighted by Gasteiger charge is -2.22. The Kier molecular flexibility index (Phi) is 10.7. The molecule has 3 aromatic carbocycles. The van der Waals surface area contributed by atoms with Crippen LogP contribution in [0.25, 0.3) is 10.8 Å². The van der Waals surface area contributed by atoms with Crippen molar-refractivity contribution in [2.45, 2.75) is 42.5 Å². The number of anilines is 1. The number of rotatable bonds is 13. The third kappa shape index (κ3) is 9.39. The van der Waals surface area contributed by atoms with Crippen LogP contribution in [-0.4, -0.2) is 83.7 Å². The maximum atomic E-state index is 13.3. The number of nitro groups is 1. The number of nitro benzene ring substituents is 1. The van der Waals surface area contributed by atoms with Gasteiger partial charge in [-0.2, -0.15) is 21.1 Å².